The molecule has 1 atom stereocenters. The first-order chi connectivity index (χ1) is 15.1. The molecule has 1 aromatic carbocycles. The lowest BCUT2D eigenvalue weighted by Crippen LogP contribution is -2.47. The van der Waals surface area contributed by atoms with Crippen molar-refractivity contribution in [3.8, 4) is 0 Å². The number of imide groups is 1. The number of H-pyrrole nitrogens is 1. The van der Waals surface area contributed by atoms with Gasteiger partial charge in [-0.25, -0.2) is 9.59 Å². The fourth-order valence-electron chi connectivity index (χ4n) is 3.99. The summed E-state index contributed by atoms with van der Waals surface area (Å²) >= 11 is 0. The van der Waals surface area contributed by atoms with Crippen LogP contribution in [-0.4, -0.2) is 51.4 Å². The van der Waals surface area contributed by atoms with Crippen molar-refractivity contribution in [1.82, 2.24) is 19.8 Å². The van der Waals surface area contributed by atoms with Gasteiger partial charge in [-0.3, -0.25) is 28.8 Å². The van der Waals surface area contributed by atoms with Gasteiger partial charge < -0.3 is 16.0 Å². The lowest BCUT2D eigenvalue weighted by atomic mass is 9.96. The lowest BCUT2D eigenvalue weighted by Gasteiger charge is -2.23. The van der Waals surface area contributed by atoms with Crippen LogP contribution in [-0.2, 0) is 16.1 Å². The number of amides is 4. The third kappa shape index (κ3) is 3.55. The summed E-state index contributed by atoms with van der Waals surface area (Å²) in [7, 11) is 1.30. The smallest absolute Gasteiger partial charge is 0.330 e. The molecule has 0 spiro atoms. The number of aromatic amines is 1. The number of benzene rings is 1. The maximum absolute atomic E-state index is 12.9. The number of carbonyl (C=O) groups excluding carboxylic acids is 3. The number of hydrogen-bond acceptors (Lipinski definition) is 6. The summed E-state index contributed by atoms with van der Waals surface area (Å²) in [6.07, 6.45) is 1.66. The first-order valence-electron chi connectivity index (χ1n) is 10.2. The van der Waals surface area contributed by atoms with E-state index in [-0.39, 0.29) is 24.0 Å². The van der Waals surface area contributed by atoms with Crippen LogP contribution in [0.1, 0.15) is 25.3 Å². The molecule has 2 heterocycles. The van der Waals surface area contributed by atoms with Gasteiger partial charge in [0.1, 0.15) is 17.9 Å². The predicted octanol–water partition coefficient (Wildman–Crippen LogP) is -0.150. The van der Waals surface area contributed by atoms with Gasteiger partial charge >= 0.3 is 11.7 Å². The largest absolute Gasteiger partial charge is 0.383 e. The Balaban J connectivity index is 1.59. The second-order valence-corrected chi connectivity index (χ2v) is 8.32. The minimum Gasteiger partial charge on any atom is -0.383 e. The second kappa shape index (κ2) is 7.66. The van der Waals surface area contributed by atoms with Crippen LogP contribution in [0.5, 0.6) is 0 Å². The van der Waals surface area contributed by atoms with Gasteiger partial charge in [0, 0.05) is 7.05 Å². The second-order valence-electron chi connectivity index (χ2n) is 8.32. The van der Waals surface area contributed by atoms with Gasteiger partial charge in [0.05, 0.1) is 6.54 Å². The summed E-state index contributed by atoms with van der Waals surface area (Å²) in [5.41, 5.74) is 4.08. The van der Waals surface area contributed by atoms with Gasteiger partial charge in [-0.05, 0) is 31.2 Å². The zero-order valence-electron chi connectivity index (χ0n) is 17.8. The normalized spacial score (nSPS) is 20.4. The fourth-order valence-corrected chi connectivity index (χ4v) is 3.99. The van der Waals surface area contributed by atoms with Gasteiger partial charge in [-0.15, -0.1) is 0 Å². The number of urea groups is 1. The highest BCUT2D eigenvalue weighted by atomic mass is 16.2. The zero-order chi connectivity index (χ0) is 23.2. The molecule has 2 aliphatic rings. The zero-order valence-corrected chi connectivity index (χ0v) is 17.8. The summed E-state index contributed by atoms with van der Waals surface area (Å²) in [5.74, 6) is -1.31. The number of nitrogens with zero attached hydrogens (tertiary/aromatic N) is 3. The molecule has 1 saturated carbocycles. The van der Waals surface area contributed by atoms with Crippen molar-refractivity contribution in [2.45, 2.75) is 31.8 Å². The van der Waals surface area contributed by atoms with E-state index in [0.29, 0.717) is 0 Å². The molecule has 0 radical (unpaired) electrons. The van der Waals surface area contributed by atoms with Gasteiger partial charge in [0.25, 0.3) is 11.5 Å². The highest BCUT2D eigenvalue weighted by Crippen LogP contribution is 2.42. The molecule has 0 bridgehead atoms. The average Bonchev–Trinajstić information content (AvgIpc) is 3.57. The molecule has 1 aromatic heterocycles. The van der Waals surface area contributed by atoms with E-state index in [2.05, 4.69) is 10.3 Å². The minimum atomic E-state index is -1.02. The number of anilines is 2. The number of nitrogen functional groups attached to an aromatic ring is 1. The van der Waals surface area contributed by atoms with Crippen LogP contribution in [0.4, 0.5) is 16.3 Å². The quantitative estimate of drug-likeness (QED) is 0.532. The summed E-state index contributed by atoms with van der Waals surface area (Å²) in [6.45, 7) is 1.19. The molecule has 1 aliphatic carbocycles. The Morgan fingerprint density at radius 1 is 1.19 bits per heavy atom. The molecule has 32 heavy (non-hydrogen) atoms. The Kier molecular flexibility index (Phi) is 5.11. The number of carbonyl (C=O) groups is 3. The van der Waals surface area contributed by atoms with Gasteiger partial charge in [0.2, 0.25) is 5.91 Å². The van der Waals surface area contributed by atoms with Crippen LogP contribution in [0.15, 0.2) is 39.9 Å². The molecule has 11 nitrogen and oxygen atoms in total. The third-order valence-corrected chi connectivity index (χ3v) is 6.10. The van der Waals surface area contributed by atoms with E-state index in [1.54, 1.807) is 31.2 Å². The van der Waals surface area contributed by atoms with Crippen LogP contribution in [0.3, 0.4) is 0 Å². The Bertz CT molecular complexity index is 1220. The van der Waals surface area contributed by atoms with E-state index in [4.69, 9.17) is 5.73 Å². The van der Waals surface area contributed by atoms with E-state index in [0.717, 1.165) is 32.8 Å². The fraction of sp³-hybridized carbons (Fsp3) is 0.381. The number of nitrogens with two attached hydrogens (primary N) is 1. The van der Waals surface area contributed by atoms with Crippen molar-refractivity contribution in [3.05, 3.63) is 56.7 Å². The standard InChI is InChI=1S/C21H24N6O5/c1-21(13-8-9-13)18(30)27(20(32)24-21)11-14(28)25(2)15-16(22)26(19(31)23-17(15)29)10-12-6-4-3-5-7-12/h3-7,13H,8-11,22H2,1-2H3,(H,24,32)(H,23,29,31)/t21-/m0/s1. The Morgan fingerprint density at radius 2 is 1.84 bits per heavy atom. The third-order valence-electron chi connectivity index (χ3n) is 6.10. The number of aromatic nitrogens is 2. The topological polar surface area (TPSA) is 151 Å². The van der Waals surface area contributed by atoms with Crippen LogP contribution in [0.2, 0.25) is 0 Å². The molecule has 11 heteroatoms. The molecule has 168 valence electrons. The van der Waals surface area contributed by atoms with E-state index >= 15 is 0 Å². The Hall–Kier alpha value is -3.89. The molecule has 1 aliphatic heterocycles. The van der Waals surface area contributed by atoms with Crippen LogP contribution < -0.4 is 27.2 Å². The number of hydrogen-bond donors (Lipinski definition) is 3. The molecular formula is C21H24N6O5. The van der Waals surface area contributed by atoms with Crippen molar-refractivity contribution >= 4 is 29.4 Å². The molecule has 4 N–H and O–H groups in total. The summed E-state index contributed by atoms with van der Waals surface area (Å²) in [6, 6.07) is 8.35. The van der Waals surface area contributed by atoms with E-state index < -0.39 is 41.2 Å². The van der Waals surface area contributed by atoms with Crippen LogP contribution in [0.25, 0.3) is 0 Å². The van der Waals surface area contributed by atoms with Crippen molar-refractivity contribution in [3.63, 3.8) is 0 Å². The number of rotatable bonds is 6. The van der Waals surface area contributed by atoms with E-state index in [1.807, 2.05) is 6.07 Å². The maximum Gasteiger partial charge on any atom is 0.330 e. The first-order valence-corrected chi connectivity index (χ1v) is 10.2. The number of nitrogens with one attached hydrogen (secondary N) is 2. The molecule has 1 saturated heterocycles. The Labute approximate surface area is 182 Å². The van der Waals surface area contributed by atoms with E-state index in [9.17, 15) is 24.0 Å². The summed E-state index contributed by atoms with van der Waals surface area (Å²) < 4.78 is 1.15. The molecule has 0 unspecified atom stereocenters. The maximum atomic E-state index is 12.9. The highest BCUT2D eigenvalue weighted by molar-refractivity contribution is 6.10. The van der Waals surface area contributed by atoms with Gasteiger partial charge in [-0.1, -0.05) is 30.3 Å². The molecular weight excluding hydrogens is 416 g/mol. The molecule has 2 aromatic rings. The monoisotopic (exact) mass is 440 g/mol. The van der Waals surface area contributed by atoms with Gasteiger partial charge in [-0.2, -0.15) is 0 Å². The minimum absolute atomic E-state index is 0.0526. The highest BCUT2D eigenvalue weighted by Gasteiger charge is 2.56. The molecule has 4 amide bonds. The number of likely N-dealkylation sites (N-methyl/N-ethyl adjacent to an activating group) is 1. The molecule has 4 rings (SSSR count). The SMILES string of the molecule is CN(C(=O)CN1C(=O)N[C@@](C)(C2CC2)C1=O)c1c(N)n(Cc2ccccc2)c(=O)[nH]c1=O. The summed E-state index contributed by atoms with van der Waals surface area (Å²) in [4.78, 5) is 66.8. The van der Waals surface area contributed by atoms with Gasteiger partial charge in [0.15, 0.2) is 5.69 Å². The average molecular weight is 440 g/mol. The lowest BCUT2D eigenvalue weighted by molar-refractivity contribution is -0.134. The van der Waals surface area contributed by atoms with E-state index in [1.165, 1.54) is 7.05 Å². The molecule has 2 fully saturated rings. The van der Waals surface area contributed by atoms with Crippen LogP contribution >= 0.6 is 0 Å². The van der Waals surface area contributed by atoms with Crippen molar-refractivity contribution in [2.75, 3.05) is 24.2 Å². The Morgan fingerprint density at radius 3 is 2.47 bits per heavy atom. The van der Waals surface area contributed by atoms with Crippen LogP contribution in [0, 0.1) is 5.92 Å². The van der Waals surface area contributed by atoms with Crippen molar-refractivity contribution in [1.29, 1.82) is 0 Å². The first kappa shape index (κ1) is 21.3. The van der Waals surface area contributed by atoms with Crippen molar-refractivity contribution in [2.24, 2.45) is 5.92 Å². The van der Waals surface area contributed by atoms with Crippen molar-refractivity contribution < 1.29 is 14.4 Å². The summed E-state index contributed by atoms with van der Waals surface area (Å²) in [5, 5.41) is 2.67. The predicted molar refractivity (Wildman–Crippen MR) is 116 cm³/mol.